The SMILES string of the molecule is Fc1ccc(F)c(C2CCCC2CNC2CC2)c1. The van der Waals surface area contributed by atoms with Crippen LogP contribution in [0.15, 0.2) is 18.2 Å². The average Bonchev–Trinajstić information content (AvgIpc) is 3.08. The van der Waals surface area contributed by atoms with E-state index in [1.807, 2.05) is 0 Å². The molecule has 0 amide bonds. The van der Waals surface area contributed by atoms with Crippen LogP contribution in [0.3, 0.4) is 0 Å². The smallest absolute Gasteiger partial charge is 0.126 e. The summed E-state index contributed by atoms with van der Waals surface area (Å²) in [6.45, 7) is 0.950. The Labute approximate surface area is 107 Å². The number of hydrogen-bond donors (Lipinski definition) is 1. The quantitative estimate of drug-likeness (QED) is 0.862. The lowest BCUT2D eigenvalue weighted by molar-refractivity contribution is 0.429. The maximum absolute atomic E-state index is 13.8. The minimum Gasteiger partial charge on any atom is -0.314 e. The van der Waals surface area contributed by atoms with Gasteiger partial charge in [-0.2, -0.15) is 0 Å². The molecule has 1 N–H and O–H groups in total. The first-order chi connectivity index (χ1) is 8.74. The molecule has 2 unspecified atom stereocenters. The second-order valence-electron chi connectivity index (χ2n) is 5.65. The van der Waals surface area contributed by atoms with E-state index in [4.69, 9.17) is 0 Å². The van der Waals surface area contributed by atoms with E-state index >= 15 is 0 Å². The highest BCUT2D eigenvalue weighted by atomic mass is 19.1. The summed E-state index contributed by atoms with van der Waals surface area (Å²) in [6.07, 6.45) is 5.77. The van der Waals surface area contributed by atoms with Gasteiger partial charge >= 0.3 is 0 Å². The van der Waals surface area contributed by atoms with Crippen molar-refractivity contribution in [3.05, 3.63) is 35.4 Å². The van der Waals surface area contributed by atoms with Crippen molar-refractivity contribution in [1.29, 1.82) is 0 Å². The van der Waals surface area contributed by atoms with Crippen LogP contribution in [0.1, 0.15) is 43.6 Å². The second-order valence-corrected chi connectivity index (χ2v) is 5.65. The Morgan fingerprint density at radius 3 is 2.72 bits per heavy atom. The molecule has 0 radical (unpaired) electrons. The zero-order valence-electron chi connectivity index (χ0n) is 10.5. The lowest BCUT2D eigenvalue weighted by atomic mass is 9.88. The van der Waals surface area contributed by atoms with E-state index < -0.39 is 0 Å². The topological polar surface area (TPSA) is 12.0 Å². The van der Waals surface area contributed by atoms with Crippen molar-refractivity contribution >= 4 is 0 Å². The number of halogens is 2. The second kappa shape index (κ2) is 4.96. The molecule has 1 nitrogen and oxygen atoms in total. The molecule has 0 heterocycles. The van der Waals surface area contributed by atoms with Crippen molar-refractivity contribution in [1.82, 2.24) is 5.32 Å². The van der Waals surface area contributed by atoms with Gasteiger partial charge in [-0.3, -0.25) is 0 Å². The fourth-order valence-electron chi connectivity index (χ4n) is 3.09. The van der Waals surface area contributed by atoms with Crippen molar-refractivity contribution in [3.8, 4) is 0 Å². The van der Waals surface area contributed by atoms with Gasteiger partial charge in [-0.1, -0.05) is 6.42 Å². The lowest BCUT2D eigenvalue weighted by Crippen LogP contribution is -2.26. The number of rotatable bonds is 4. The van der Waals surface area contributed by atoms with Crippen LogP contribution >= 0.6 is 0 Å². The molecule has 2 aliphatic carbocycles. The van der Waals surface area contributed by atoms with E-state index in [0.717, 1.165) is 25.8 Å². The molecule has 0 aromatic heterocycles. The predicted molar refractivity (Wildman–Crippen MR) is 67.5 cm³/mol. The van der Waals surface area contributed by atoms with Gasteiger partial charge in [0, 0.05) is 6.04 Å². The minimum atomic E-state index is -0.327. The van der Waals surface area contributed by atoms with Gasteiger partial charge in [0.15, 0.2) is 0 Å². The third-order valence-corrected chi connectivity index (χ3v) is 4.26. The Morgan fingerprint density at radius 2 is 1.94 bits per heavy atom. The molecule has 2 aliphatic rings. The van der Waals surface area contributed by atoms with Crippen molar-refractivity contribution in [2.75, 3.05) is 6.54 Å². The summed E-state index contributed by atoms with van der Waals surface area (Å²) >= 11 is 0. The Hall–Kier alpha value is -0.960. The van der Waals surface area contributed by atoms with Crippen molar-refractivity contribution < 1.29 is 8.78 Å². The Morgan fingerprint density at radius 1 is 1.11 bits per heavy atom. The molecule has 3 heteroatoms. The van der Waals surface area contributed by atoms with Gasteiger partial charge in [0.25, 0.3) is 0 Å². The standard InChI is InChI=1S/C15H19F2N/c16-11-4-7-15(17)14(8-11)13-3-1-2-10(13)9-18-12-5-6-12/h4,7-8,10,12-13,18H,1-3,5-6,9H2. The first-order valence-electron chi connectivity index (χ1n) is 6.92. The van der Waals surface area contributed by atoms with Crippen LogP contribution in [0, 0.1) is 17.6 Å². The molecule has 2 fully saturated rings. The monoisotopic (exact) mass is 251 g/mol. The normalized spacial score (nSPS) is 27.7. The molecule has 0 saturated heterocycles. The Balaban J connectivity index is 1.73. The summed E-state index contributed by atoms with van der Waals surface area (Å²) in [7, 11) is 0. The highest BCUT2D eigenvalue weighted by Crippen LogP contribution is 2.40. The summed E-state index contributed by atoms with van der Waals surface area (Å²) in [4.78, 5) is 0. The van der Waals surface area contributed by atoms with E-state index in [1.54, 1.807) is 0 Å². The fraction of sp³-hybridized carbons (Fsp3) is 0.600. The van der Waals surface area contributed by atoms with Crippen LogP contribution in [0.25, 0.3) is 0 Å². The molecule has 0 spiro atoms. The first kappa shape index (κ1) is 12.1. The molecule has 2 atom stereocenters. The molecular weight excluding hydrogens is 232 g/mol. The minimum absolute atomic E-state index is 0.187. The predicted octanol–water partition coefficient (Wildman–Crippen LogP) is 3.60. The van der Waals surface area contributed by atoms with Gasteiger partial charge in [0.1, 0.15) is 11.6 Å². The van der Waals surface area contributed by atoms with Crippen LogP contribution in [0.4, 0.5) is 8.78 Å². The van der Waals surface area contributed by atoms with Gasteiger partial charge in [0.2, 0.25) is 0 Å². The summed E-state index contributed by atoms with van der Waals surface area (Å²) in [5.41, 5.74) is 0.579. The van der Waals surface area contributed by atoms with Crippen molar-refractivity contribution in [2.24, 2.45) is 5.92 Å². The number of hydrogen-bond acceptors (Lipinski definition) is 1. The van der Waals surface area contributed by atoms with Gasteiger partial charge < -0.3 is 5.32 Å². The molecular formula is C15H19F2N. The summed E-state index contributed by atoms with van der Waals surface area (Å²) in [6, 6.07) is 4.53. The average molecular weight is 251 g/mol. The third-order valence-electron chi connectivity index (χ3n) is 4.26. The highest BCUT2D eigenvalue weighted by molar-refractivity contribution is 5.24. The first-order valence-corrected chi connectivity index (χ1v) is 6.92. The fourth-order valence-corrected chi connectivity index (χ4v) is 3.09. The van der Waals surface area contributed by atoms with Crippen LogP contribution in [0.5, 0.6) is 0 Å². The van der Waals surface area contributed by atoms with E-state index in [9.17, 15) is 8.78 Å². The largest absolute Gasteiger partial charge is 0.314 e. The van der Waals surface area contributed by atoms with Gasteiger partial charge in [-0.25, -0.2) is 8.78 Å². The van der Waals surface area contributed by atoms with E-state index in [1.165, 1.54) is 31.0 Å². The molecule has 2 saturated carbocycles. The summed E-state index contributed by atoms with van der Waals surface area (Å²) in [5.74, 6) is 0.0702. The van der Waals surface area contributed by atoms with Gasteiger partial charge in [0.05, 0.1) is 0 Å². The summed E-state index contributed by atoms with van der Waals surface area (Å²) in [5, 5.41) is 3.52. The van der Waals surface area contributed by atoms with Gasteiger partial charge in [-0.05, 0) is 67.8 Å². The van der Waals surface area contributed by atoms with Crippen LogP contribution in [-0.2, 0) is 0 Å². The lowest BCUT2D eigenvalue weighted by Gasteiger charge is -2.21. The van der Waals surface area contributed by atoms with E-state index in [2.05, 4.69) is 5.32 Å². The van der Waals surface area contributed by atoms with Gasteiger partial charge in [-0.15, -0.1) is 0 Å². The third kappa shape index (κ3) is 2.56. The maximum Gasteiger partial charge on any atom is 0.126 e. The molecule has 3 rings (SSSR count). The molecule has 1 aromatic rings. The molecule has 0 bridgehead atoms. The van der Waals surface area contributed by atoms with Crippen molar-refractivity contribution in [3.63, 3.8) is 0 Å². The van der Waals surface area contributed by atoms with Crippen LogP contribution in [-0.4, -0.2) is 12.6 Å². The van der Waals surface area contributed by atoms with Crippen molar-refractivity contribution in [2.45, 2.75) is 44.1 Å². The molecule has 0 aliphatic heterocycles. The molecule has 98 valence electrons. The molecule has 1 aromatic carbocycles. The zero-order valence-corrected chi connectivity index (χ0v) is 10.5. The maximum atomic E-state index is 13.8. The number of benzene rings is 1. The highest BCUT2D eigenvalue weighted by Gasteiger charge is 2.32. The molecule has 18 heavy (non-hydrogen) atoms. The van der Waals surface area contributed by atoms with Crippen LogP contribution < -0.4 is 5.32 Å². The Kier molecular flexibility index (Phi) is 3.33. The summed E-state index contributed by atoms with van der Waals surface area (Å²) < 4.78 is 27.1. The number of nitrogens with one attached hydrogen (secondary N) is 1. The van der Waals surface area contributed by atoms with E-state index in [-0.39, 0.29) is 17.6 Å². The van der Waals surface area contributed by atoms with E-state index in [0.29, 0.717) is 17.5 Å². The zero-order chi connectivity index (χ0) is 12.5. The Bertz CT molecular complexity index is 429. The van der Waals surface area contributed by atoms with Crippen LogP contribution in [0.2, 0.25) is 0 Å².